The molecule has 2 N–H and O–H groups in total. The number of hydrogen-bond acceptors (Lipinski definition) is 4. The minimum Gasteiger partial charge on any atom is -0.490 e. The molecule has 31 heavy (non-hydrogen) atoms. The van der Waals surface area contributed by atoms with Crippen molar-refractivity contribution in [1.29, 1.82) is 0 Å². The van der Waals surface area contributed by atoms with Gasteiger partial charge in [-0.25, -0.2) is 9.37 Å². The molecule has 1 aliphatic rings. The maximum atomic E-state index is 13.6. The van der Waals surface area contributed by atoms with E-state index in [2.05, 4.69) is 35.8 Å². The normalized spacial score (nSPS) is 20.9. The van der Waals surface area contributed by atoms with E-state index in [4.69, 9.17) is 4.74 Å². The molecule has 3 aromatic rings. The molecule has 0 saturated carbocycles. The summed E-state index contributed by atoms with van der Waals surface area (Å²) in [6, 6.07) is 12.7. The molecular weight excluding hydrogens is 393 g/mol. The molecule has 1 aliphatic heterocycles. The Hall–Kier alpha value is -2.44. The summed E-state index contributed by atoms with van der Waals surface area (Å²) >= 11 is 0. The number of ether oxygens (including phenoxy) is 1. The van der Waals surface area contributed by atoms with Gasteiger partial charge >= 0.3 is 0 Å². The molecule has 2 aromatic carbocycles. The van der Waals surface area contributed by atoms with Crippen molar-refractivity contribution in [1.82, 2.24) is 14.9 Å². The lowest BCUT2D eigenvalue weighted by atomic mass is 9.72. The Bertz CT molecular complexity index is 1000. The summed E-state index contributed by atoms with van der Waals surface area (Å²) in [7, 11) is 2.08. The fourth-order valence-electron chi connectivity index (χ4n) is 4.82. The van der Waals surface area contributed by atoms with Gasteiger partial charge in [0.15, 0.2) is 0 Å². The van der Waals surface area contributed by atoms with Crippen LogP contribution in [0.3, 0.4) is 0 Å². The lowest BCUT2D eigenvalue weighted by Gasteiger charge is -2.43. The van der Waals surface area contributed by atoms with Crippen molar-refractivity contribution in [3.63, 3.8) is 0 Å². The minimum absolute atomic E-state index is 0.0826. The zero-order valence-electron chi connectivity index (χ0n) is 18.6. The fraction of sp³-hybridized carbons (Fsp3) is 0.480. The van der Waals surface area contributed by atoms with Crippen LogP contribution in [-0.4, -0.2) is 52.3 Å². The van der Waals surface area contributed by atoms with Gasteiger partial charge in [0.25, 0.3) is 0 Å². The van der Waals surface area contributed by atoms with Crippen molar-refractivity contribution in [2.24, 2.45) is 5.92 Å². The van der Waals surface area contributed by atoms with Crippen LogP contribution in [0.25, 0.3) is 11.0 Å². The van der Waals surface area contributed by atoms with Gasteiger partial charge in [0.1, 0.15) is 29.6 Å². The number of aliphatic hydroxyl groups is 1. The molecule has 0 aliphatic carbocycles. The Morgan fingerprint density at radius 1 is 1.26 bits per heavy atom. The van der Waals surface area contributed by atoms with Gasteiger partial charge in [-0.2, -0.15) is 0 Å². The lowest BCUT2D eigenvalue weighted by molar-refractivity contribution is -0.0640. The third-order valence-corrected chi connectivity index (χ3v) is 6.35. The molecular formula is C25H32FN3O2. The van der Waals surface area contributed by atoms with Crippen LogP contribution in [-0.2, 0) is 6.42 Å². The van der Waals surface area contributed by atoms with E-state index in [9.17, 15) is 9.50 Å². The van der Waals surface area contributed by atoms with Crippen LogP contribution < -0.4 is 4.74 Å². The van der Waals surface area contributed by atoms with Crippen LogP contribution in [0, 0.1) is 11.7 Å². The standard InChI is InChI=1S/C25H32FN3O2/c1-17(2)24-19-11-10-18(26)15-22(19)31-16-25(24,30)12-14-29(3)13-6-9-23-27-20-7-4-5-8-21(20)28-23/h4-5,7-8,10-11,15,17,24,30H,6,9,12-14,16H2,1-3H3,(H,27,28)/t24-,25?/m0/s1. The lowest BCUT2D eigenvalue weighted by Crippen LogP contribution is -2.49. The van der Waals surface area contributed by atoms with Crippen LogP contribution >= 0.6 is 0 Å². The van der Waals surface area contributed by atoms with Gasteiger partial charge in [-0.15, -0.1) is 0 Å². The summed E-state index contributed by atoms with van der Waals surface area (Å²) in [5, 5.41) is 11.5. The number of imidazole rings is 1. The molecule has 1 aromatic heterocycles. The highest BCUT2D eigenvalue weighted by molar-refractivity contribution is 5.74. The molecule has 1 unspecified atom stereocenters. The summed E-state index contributed by atoms with van der Waals surface area (Å²) in [6.07, 6.45) is 2.48. The first kappa shape index (κ1) is 21.8. The van der Waals surface area contributed by atoms with Gasteiger partial charge in [-0.1, -0.05) is 32.0 Å². The third kappa shape index (κ3) is 4.75. The Kier molecular flexibility index (Phi) is 6.30. The molecule has 0 saturated heterocycles. The van der Waals surface area contributed by atoms with Crippen LogP contribution in [0.5, 0.6) is 5.75 Å². The van der Waals surface area contributed by atoms with Gasteiger partial charge in [0.2, 0.25) is 0 Å². The Labute approximate surface area is 183 Å². The van der Waals surface area contributed by atoms with E-state index < -0.39 is 5.60 Å². The molecule has 0 radical (unpaired) electrons. The van der Waals surface area contributed by atoms with Crippen LogP contribution in [0.2, 0.25) is 0 Å². The average Bonchev–Trinajstić information content (AvgIpc) is 3.15. The number of nitrogens with one attached hydrogen (secondary N) is 1. The molecule has 0 spiro atoms. The number of fused-ring (bicyclic) bond motifs is 2. The van der Waals surface area contributed by atoms with Crippen LogP contribution in [0.1, 0.15) is 44.0 Å². The van der Waals surface area contributed by atoms with Gasteiger partial charge in [-0.05, 0) is 50.6 Å². The molecule has 166 valence electrons. The maximum absolute atomic E-state index is 13.6. The van der Waals surface area contributed by atoms with E-state index in [1.165, 1.54) is 12.1 Å². The number of aromatic amines is 1. The van der Waals surface area contributed by atoms with Gasteiger partial charge in [-0.3, -0.25) is 0 Å². The number of H-pyrrole nitrogens is 1. The Morgan fingerprint density at radius 2 is 2.06 bits per heavy atom. The van der Waals surface area contributed by atoms with E-state index in [-0.39, 0.29) is 24.3 Å². The molecule has 4 rings (SSSR count). The van der Waals surface area contributed by atoms with E-state index in [0.717, 1.165) is 48.4 Å². The fourth-order valence-corrected chi connectivity index (χ4v) is 4.82. The SMILES string of the molecule is CC(C)[C@H]1c2ccc(F)cc2OCC1(O)CCN(C)CCCc1nc2ccccc2[nH]1. The van der Waals surface area contributed by atoms with Crippen LogP contribution in [0.15, 0.2) is 42.5 Å². The van der Waals surface area contributed by atoms with E-state index in [0.29, 0.717) is 12.2 Å². The summed E-state index contributed by atoms with van der Waals surface area (Å²) < 4.78 is 19.4. The number of aromatic nitrogens is 2. The molecule has 0 amide bonds. The largest absolute Gasteiger partial charge is 0.490 e. The predicted molar refractivity (Wildman–Crippen MR) is 121 cm³/mol. The smallest absolute Gasteiger partial charge is 0.126 e. The van der Waals surface area contributed by atoms with E-state index in [1.54, 1.807) is 6.07 Å². The first-order valence-corrected chi connectivity index (χ1v) is 11.1. The van der Waals surface area contributed by atoms with Crippen molar-refractivity contribution in [3.05, 3.63) is 59.7 Å². The van der Waals surface area contributed by atoms with E-state index in [1.807, 2.05) is 24.3 Å². The number of halogens is 1. The van der Waals surface area contributed by atoms with Crippen molar-refractivity contribution >= 4 is 11.0 Å². The van der Waals surface area contributed by atoms with Gasteiger partial charge < -0.3 is 19.7 Å². The molecule has 6 heteroatoms. The highest BCUT2D eigenvalue weighted by Gasteiger charge is 2.44. The predicted octanol–water partition coefficient (Wildman–Crippen LogP) is 4.52. The van der Waals surface area contributed by atoms with Crippen molar-refractivity contribution in [2.75, 3.05) is 26.7 Å². The quantitative estimate of drug-likeness (QED) is 0.557. The molecule has 2 atom stereocenters. The molecule has 2 heterocycles. The number of nitrogens with zero attached hydrogens (tertiary/aromatic N) is 2. The number of benzene rings is 2. The number of hydrogen-bond donors (Lipinski definition) is 2. The minimum atomic E-state index is -0.966. The second kappa shape index (κ2) is 8.97. The second-order valence-corrected chi connectivity index (χ2v) is 9.15. The average molecular weight is 426 g/mol. The second-order valence-electron chi connectivity index (χ2n) is 9.15. The zero-order valence-corrected chi connectivity index (χ0v) is 18.6. The zero-order chi connectivity index (χ0) is 22.0. The molecule has 0 bridgehead atoms. The third-order valence-electron chi connectivity index (χ3n) is 6.35. The summed E-state index contributed by atoms with van der Waals surface area (Å²) in [6.45, 7) is 6.08. The number of aryl methyl sites for hydroxylation is 1. The topological polar surface area (TPSA) is 61.4 Å². The highest BCUT2D eigenvalue weighted by atomic mass is 19.1. The molecule has 0 fully saturated rings. The number of rotatable bonds is 8. The van der Waals surface area contributed by atoms with Crippen molar-refractivity contribution in [2.45, 2.75) is 44.6 Å². The first-order chi connectivity index (χ1) is 14.9. The summed E-state index contributed by atoms with van der Waals surface area (Å²) in [4.78, 5) is 10.3. The van der Waals surface area contributed by atoms with Gasteiger partial charge in [0.05, 0.1) is 11.0 Å². The van der Waals surface area contributed by atoms with Crippen molar-refractivity contribution in [3.8, 4) is 5.75 Å². The Balaban J connectivity index is 1.33. The van der Waals surface area contributed by atoms with E-state index >= 15 is 0 Å². The maximum Gasteiger partial charge on any atom is 0.126 e. The monoisotopic (exact) mass is 425 g/mol. The van der Waals surface area contributed by atoms with Gasteiger partial charge in [0, 0.05) is 30.5 Å². The van der Waals surface area contributed by atoms with Crippen LogP contribution in [0.4, 0.5) is 4.39 Å². The Morgan fingerprint density at radius 3 is 2.84 bits per heavy atom. The highest BCUT2D eigenvalue weighted by Crippen LogP contribution is 2.45. The molecule has 5 nitrogen and oxygen atoms in total. The summed E-state index contributed by atoms with van der Waals surface area (Å²) in [5.41, 5.74) is 2.01. The summed E-state index contributed by atoms with van der Waals surface area (Å²) in [5.74, 6) is 1.40. The first-order valence-electron chi connectivity index (χ1n) is 11.1. The number of para-hydroxylation sites is 2. The van der Waals surface area contributed by atoms with Crippen molar-refractivity contribution < 1.29 is 14.2 Å².